The summed E-state index contributed by atoms with van der Waals surface area (Å²) in [7, 11) is 0. The molecule has 2 aromatic rings. The van der Waals surface area contributed by atoms with Crippen molar-refractivity contribution in [1.29, 1.82) is 0 Å². The molecular formula is C13H16Cl2N4O. The average Bonchev–Trinajstić information content (AvgIpc) is 2.82. The molecule has 0 radical (unpaired) electrons. The number of hydrogen-bond donors (Lipinski definition) is 2. The first-order valence-corrected chi connectivity index (χ1v) is 7.10. The quantitative estimate of drug-likeness (QED) is 0.839. The number of halogens is 2. The van der Waals surface area contributed by atoms with Gasteiger partial charge in [-0.05, 0) is 19.4 Å². The van der Waals surface area contributed by atoms with Crippen LogP contribution in [-0.4, -0.2) is 16.5 Å². The molecule has 0 aliphatic carbocycles. The number of aryl methyl sites for hydroxylation is 1. The number of aromatic nitrogens is 2. The second-order valence-electron chi connectivity index (χ2n) is 4.29. The molecule has 0 saturated heterocycles. The van der Waals surface area contributed by atoms with Gasteiger partial charge < -0.3 is 15.1 Å². The molecule has 108 valence electrons. The molecule has 0 aliphatic heterocycles. The molecule has 2 heterocycles. The molecule has 0 amide bonds. The molecule has 0 saturated carbocycles. The van der Waals surface area contributed by atoms with E-state index < -0.39 is 0 Å². The molecule has 0 spiro atoms. The van der Waals surface area contributed by atoms with Gasteiger partial charge in [-0.1, -0.05) is 30.1 Å². The number of hydrogen-bond acceptors (Lipinski definition) is 5. The molecule has 20 heavy (non-hydrogen) atoms. The van der Waals surface area contributed by atoms with Crippen LogP contribution in [0, 0.1) is 6.92 Å². The summed E-state index contributed by atoms with van der Waals surface area (Å²) in [5.74, 6) is 2.51. The smallest absolute Gasteiger partial charge is 0.213 e. The molecule has 0 fully saturated rings. The molecule has 0 aliphatic rings. The van der Waals surface area contributed by atoms with Crippen LogP contribution in [0.3, 0.4) is 0 Å². The van der Waals surface area contributed by atoms with Crippen molar-refractivity contribution in [3.8, 4) is 0 Å². The van der Waals surface area contributed by atoms with Gasteiger partial charge in [0.15, 0.2) is 0 Å². The topological polar surface area (TPSA) is 63.0 Å². The first kappa shape index (κ1) is 14.9. The summed E-state index contributed by atoms with van der Waals surface area (Å²) in [5, 5.41) is 7.20. The van der Waals surface area contributed by atoms with E-state index in [0.717, 1.165) is 18.7 Å². The van der Waals surface area contributed by atoms with E-state index in [4.69, 9.17) is 27.6 Å². The van der Waals surface area contributed by atoms with Crippen molar-refractivity contribution in [2.75, 3.05) is 17.2 Å². The minimum atomic E-state index is 0.412. The lowest BCUT2D eigenvalue weighted by molar-refractivity contribution is 0.479. The summed E-state index contributed by atoms with van der Waals surface area (Å²) in [4.78, 5) is 8.48. The maximum Gasteiger partial charge on any atom is 0.213 e. The van der Waals surface area contributed by atoms with Crippen molar-refractivity contribution in [2.24, 2.45) is 0 Å². The molecule has 2 aromatic heterocycles. The zero-order chi connectivity index (χ0) is 14.5. The molecule has 2 rings (SSSR count). The Bertz CT molecular complexity index is 586. The van der Waals surface area contributed by atoms with E-state index in [2.05, 4.69) is 27.5 Å². The summed E-state index contributed by atoms with van der Waals surface area (Å²) in [6, 6.07) is 1.66. The fourth-order valence-electron chi connectivity index (χ4n) is 1.60. The predicted molar refractivity (Wildman–Crippen MR) is 81.6 cm³/mol. The summed E-state index contributed by atoms with van der Waals surface area (Å²) >= 11 is 12.2. The summed E-state index contributed by atoms with van der Waals surface area (Å²) in [6.45, 7) is 5.12. The lowest BCUT2D eigenvalue weighted by Crippen LogP contribution is -2.07. The van der Waals surface area contributed by atoms with E-state index in [1.807, 2.05) is 6.92 Å². The van der Waals surface area contributed by atoms with Crippen molar-refractivity contribution in [3.05, 3.63) is 34.0 Å². The maximum absolute atomic E-state index is 6.12. The Morgan fingerprint density at radius 1 is 1.20 bits per heavy atom. The van der Waals surface area contributed by atoms with Crippen LogP contribution in [0.2, 0.25) is 10.0 Å². The highest BCUT2D eigenvalue weighted by Gasteiger charge is 2.10. The van der Waals surface area contributed by atoms with Crippen molar-refractivity contribution in [2.45, 2.75) is 26.8 Å². The second-order valence-corrected chi connectivity index (χ2v) is 5.11. The highest BCUT2D eigenvalue weighted by atomic mass is 35.5. The monoisotopic (exact) mass is 314 g/mol. The Morgan fingerprint density at radius 3 is 2.50 bits per heavy atom. The molecule has 7 heteroatoms. The number of nitrogens with zero attached hydrogens (tertiary/aromatic N) is 2. The third-order valence-corrected chi connectivity index (χ3v) is 3.12. The van der Waals surface area contributed by atoms with Crippen LogP contribution in [0.4, 0.5) is 11.6 Å². The second kappa shape index (κ2) is 6.81. The first-order chi connectivity index (χ1) is 9.60. The molecule has 5 nitrogen and oxygen atoms in total. The molecule has 2 N–H and O–H groups in total. The summed E-state index contributed by atoms with van der Waals surface area (Å²) in [5.41, 5.74) is 0. The van der Waals surface area contributed by atoms with Crippen LogP contribution in [0.25, 0.3) is 0 Å². The Morgan fingerprint density at radius 2 is 1.90 bits per heavy atom. The van der Waals surface area contributed by atoms with Crippen molar-refractivity contribution in [1.82, 2.24) is 9.97 Å². The fraction of sp³-hybridized carbons (Fsp3) is 0.385. The van der Waals surface area contributed by atoms with Gasteiger partial charge in [0.2, 0.25) is 5.89 Å². The van der Waals surface area contributed by atoms with Crippen LogP contribution in [-0.2, 0) is 6.54 Å². The average molecular weight is 315 g/mol. The van der Waals surface area contributed by atoms with E-state index in [-0.39, 0.29) is 0 Å². The third kappa shape index (κ3) is 3.77. The number of pyridine rings is 1. The van der Waals surface area contributed by atoms with Crippen LogP contribution in [0.5, 0.6) is 0 Å². The predicted octanol–water partition coefficient (Wildman–Crippen LogP) is 4.12. The van der Waals surface area contributed by atoms with Gasteiger partial charge in [0.05, 0.1) is 22.8 Å². The van der Waals surface area contributed by atoms with E-state index in [1.54, 1.807) is 12.3 Å². The number of anilines is 2. The van der Waals surface area contributed by atoms with Crippen LogP contribution >= 0.6 is 23.2 Å². The Hall–Kier alpha value is -1.46. The zero-order valence-electron chi connectivity index (χ0n) is 11.3. The molecule has 0 bridgehead atoms. The van der Waals surface area contributed by atoms with Crippen LogP contribution in [0.1, 0.15) is 25.0 Å². The molecule has 0 unspecified atom stereocenters. The third-order valence-electron chi connectivity index (χ3n) is 2.55. The highest BCUT2D eigenvalue weighted by molar-refractivity contribution is 6.37. The minimum absolute atomic E-state index is 0.412. The zero-order valence-corrected chi connectivity index (χ0v) is 12.8. The number of nitrogens with one attached hydrogen (secondary N) is 2. The largest absolute Gasteiger partial charge is 0.444 e. The van der Waals surface area contributed by atoms with Gasteiger partial charge in [0, 0.05) is 6.54 Å². The first-order valence-electron chi connectivity index (χ1n) is 6.35. The van der Waals surface area contributed by atoms with Gasteiger partial charge in [-0.3, -0.25) is 0 Å². The normalized spacial score (nSPS) is 10.6. The van der Waals surface area contributed by atoms with Crippen molar-refractivity contribution in [3.63, 3.8) is 0 Å². The molecule has 0 aromatic carbocycles. The lowest BCUT2D eigenvalue weighted by Gasteiger charge is -2.11. The Balaban J connectivity index is 2.09. The van der Waals surface area contributed by atoms with Crippen molar-refractivity contribution < 1.29 is 4.42 Å². The standard InChI is InChI=1S/C13H16Cl2N4O/c1-3-4-16-12-9(14)5-10(15)13(19-12)18-7-11-17-6-8(2)20-11/h5-6H,3-4,7H2,1-2H3,(H2,16,18,19). The van der Waals surface area contributed by atoms with E-state index in [9.17, 15) is 0 Å². The van der Waals surface area contributed by atoms with Gasteiger partial charge in [0.25, 0.3) is 0 Å². The van der Waals surface area contributed by atoms with Crippen LogP contribution in [0.15, 0.2) is 16.7 Å². The van der Waals surface area contributed by atoms with E-state index >= 15 is 0 Å². The molecular weight excluding hydrogens is 299 g/mol. The van der Waals surface area contributed by atoms with Gasteiger partial charge in [-0.15, -0.1) is 0 Å². The fourth-order valence-corrected chi connectivity index (χ4v) is 2.09. The van der Waals surface area contributed by atoms with Crippen molar-refractivity contribution >= 4 is 34.8 Å². The number of rotatable bonds is 6. The van der Waals surface area contributed by atoms with Gasteiger partial charge in [0.1, 0.15) is 17.4 Å². The SMILES string of the molecule is CCCNc1nc(NCc2ncc(C)o2)c(Cl)cc1Cl. The van der Waals surface area contributed by atoms with Gasteiger partial charge in [-0.2, -0.15) is 0 Å². The maximum atomic E-state index is 6.12. The highest BCUT2D eigenvalue weighted by Crippen LogP contribution is 2.29. The molecule has 0 atom stereocenters. The summed E-state index contributed by atoms with van der Waals surface area (Å²) < 4.78 is 5.38. The summed E-state index contributed by atoms with van der Waals surface area (Å²) in [6.07, 6.45) is 2.65. The minimum Gasteiger partial charge on any atom is -0.444 e. The van der Waals surface area contributed by atoms with Gasteiger partial charge in [-0.25, -0.2) is 9.97 Å². The Kier molecular flexibility index (Phi) is 5.09. The lowest BCUT2D eigenvalue weighted by atomic mass is 10.4. The van der Waals surface area contributed by atoms with E-state index in [1.165, 1.54) is 0 Å². The van der Waals surface area contributed by atoms with E-state index in [0.29, 0.717) is 34.1 Å². The number of oxazole rings is 1. The Labute approximate surface area is 127 Å². The van der Waals surface area contributed by atoms with Crippen LogP contribution < -0.4 is 10.6 Å². The van der Waals surface area contributed by atoms with Gasteiger partial charge >= 0.3 is 0 Å².